The lowest BCUT2D eigenvalue weighted by Gasteiger charge is -2.22. The summed E-state index contributed by atoms with van der Waals surface area (Å²) in [6.07, 6.45) is 2.82. The van der Waals surface area contributed by atoms with Crippen LogP contribution < -0.4 is 5.32 Å². The van der Waals surface area contributed by atoms with Crippen LogP contribution in [0, 0.1) is 6.92 Å². The van der Waals surface area contributed by atoms with Crippen molar-refractivity contribution < 1.29 is 28.2 Å². The van der Waals surface area contributed by atoms with E-state index in [0.29, 0.717) is 23.6 Å². The van der Waals surface area contributed by atoms with Gasteiger partial charge in [-0.25, -0.2) is 18.0 Å². The molecule has 0 aromatic heterocycles. The molecule has 1 aromatic rings. The quantitative estimate of drug-likeness (QED) is 0.695. The van der Waals surface area contributed by atoms with Crippen molar-refractivity contribution >= 4 is 21.8 Å². The second-order valence-corrected chi connectivity index (χ2v) is 7.56. The van der Waals surface area contributed by atoms with Gasteiger partial charge in [-0.2, -0.15) is 0 Å². The molecule has 1 fully saturated rings. The smallest absolute Gasteiger partial charge is 0.328 e. The van der Waals surface area contributed by atoms with Crippen molar-refractivity contribution in [3.8, 4) is 0 Å². The van der Waals surface area contributed by atoms with Crippen LogP contribution in [0.4, 0.5) is 0 Å². The minimum atomic E-state index is -3.14. The summed E-state index contributed by atoms with van der Waals surface area (Å²) in [4.78, 5) is 19.6. The lowest BCUT2D eigenvalue weighted by atomic mass is 10.2. The Morgan fingerprint density at radius 2 is 1.67 bits per heavy atom. The maximum Gasteiger partial charge on any atom is 0.328 e. The summed E-state index contributed by atoms with van der Waals surface area (Å²) >= 11 is 0. The molecule has 8 heteroatoms. The Hall–Kier alpha value is -2.19. The Balaban J connectivity index is 0.000000307. The van der Waals surface area contributed by atoms with Crippen LogP contribution in [0.3, 0.4) is 0 Å². The number of hydrogen-bond acceptors (Lipinski definition) is 5. The van der Waals surface area contributed by atoms with E-state index in [2.05, 4.69) is 5.32 Å². The van der Waals surface area contributed by atoms with Gasteiger partial charge in [-0.15, -0.1) is 0 Å². The average molecular weight is 355 g/mol. The molecule has 0 aliphatic carbocycles. The van der Waals surface area contributed by atoms with E-state index in [0.717, 1.165) is 24.9 Å². The molecule has 24 heavy (non-hydrogen) atoms. The third kappa shape index (κ3) is 6.51. The highest BCUT2D eigenvalue weighted by Crippen LogP contribution is 2.21. The number of carboxylic acids is 2. The molecule has 0 spiro atoms. The monoisotopic (exact) mass is 355 g/mol. The first-order valence-electron chi connectivity index (χ1n) is 7.38. The van der Waals surface area contributed by atoms with Gasteiger partial charge < -0.3 is 15.5 Å². The van der Waals surface area contributed by atoms with Gasteiger partial charge in [0.05, 0.1) is 10.1 Å². The lowest BCUT2D eigenvalue weighted by molar-refractivity contribution is -0.134. The van der Waals surface area contributed by atoms with Gasteiger partial charge in [-0.1, -0.05) is 17.7 Å². The van der Waals surface area contributed by atoms with Crippen LogP contribution in [0.15, 0.2) is 41.3 Å². The van der Waals surface area contributed by atoms with Crippen LogP contribution in [-0.2, 0) is 19.4 Å². The summed E-state index contributed by atoms with van der Waals surface area (Å²) in [6.45, 7) is 3.47. The number of rotatable bonds is 4. The normalized spacial score (nSPS) is 17.8. The summed E-state index contributed by atoms with van der Waals surface area (Å²) in [5, 5.41) is 18.5. The zero-order valence-corrected chi connectivity index (χ0v) is 14.1. The Morgan fingerprint density at radius 3 is 2.08 bits per heavy atom. The molecule has 7 nitrogen and oxygen atoms in total. The average Bonchev–Trinajstić information content (AvgIpc) is 2.55. The van der Waals surface area contributed by atoms with Crippen LogP contribution in [0.25, 0.3) is 0 Å². The molecule has 0 amide bonds. The first-order chi connectivity index (χ1) is 11.2. The molecule has 0 saturated carbocycles. The molecule has 0 bridgehead atoms. The van der Waals surface area contributed by atoms with Crippen molar-refractivity contribution in [1.29, 1.82) is 0 Å². The number of carboxylic acid groups (broad SMARTS) is 2. The Labute approximate surface area is 140 Å². The fraction of sp³-hybridized carbons (Fsp3) is 0.375. The minimum absolute atomic E-state index is 0.260. The highest BCUT2D eigenvalue weighted by Gasteiger charge is 2.28. The second-order valence-electron chi connectivity index (χ2n) is 5.34. The topological polar surface area (TPSA) is 121 Å². The molecule has 3 N–H and O–H groups in total. The van der Waals surface area contributed by atoms with Crippen molar-refractivity contribution in [2.24, 2.45) is 0 Å². The molecular weight excluding hydrogens is 334 g/mol. The van der Waals surface area contributed by atoms with Gasteiger partial charge in [-0.05, 0) is 38.4 Å². The number of sulfone groups is 1. The van der Waals surface area contributed by atoms with E-state index in [9.17, 15) is 18.0 Å². The summed E-state index contributed by atoms with van der Waals surface area (Å²) in [5.41, 5.74) is 1.08. The first kappa shape index (κ1) is 19.9. The van der Waals surface area contributed by atoms with Gasteiger partial charge >= 0.3 is 11.9 Å². The van der Waals surface area contributed by atoms with Crippen molar-refractivity contribution in [2.75, 3.05) is 13.1 Å². The number of piperidine rings is 1. The predicted molar refractivity (Wildman–Crippen MR) is 88.7 cm³/mol. The van der Waals surface area contributed by atoms with Gasteiger partial charge in [0, 0.05) is 18.7 Å². The van der Waals surface area contributed by atoms with Crippen molar-refractivity contribution in [3.05, 3.63) is 42.0 Å². The van der Waals surface area contributed by atoms with Crippen molar-refractivity contribution in [2.45, 2.75) is 29.9 Å². The highest BCUT2D eigenvalue weighted by molar-refractivity contribution is 7.92. The second kappa shape index (κ2) is 9.19. The van der Waals surface area contributed by atoms with E-state index < -0.39 is 21.8 Å². The van der Waals surface area contributed by atoms with Gasteiger partial charge in [0.2, 0.25) is 0 Å². The SMILES string of the molecule is Cc1ccc(S(=O)(=O)C2CCCNC2)cc1.O=C(O)/C=C\C(=O)O. The molecule has 1 aliphatic heterocycles. The van der Waals surface area contributed by atoms with Crippen LogP contribution in [0.2, 0.25) is 0 Å². The summed E-state index contributed by atoms with van der Waals surface area (Å²) in [6, 6.07) is 7.12. The number of hydrogen-bond donors (Lipinski definition) is 3. The summed E-state index contributed by atoms with van der Waals surface area (Å²) in [7, 11) is -3.14. The molecule has 0 radical (unpaired) electrons. The molecule has 132 valence electrons. The minimum Gasteiger partial charge on any atom is -0.478 e. The van der Waals surface area contributed by atoms with Gasteiger partial charge in [-0.3, -0.25) is 0 Å². The van der Waals surface area contributed by atoms with Crippen LogP contribution in [0.1, 0.15) is 18.4 Å². The van der Waals surface area contributed by atoms with Gasteiger partial charge in [0.1, 0.15) is 0 Å². The fourth-order valence-electron chi connectivity index (χ4n) is 2.15. The molecule has 2 rings (SSSR count). The number of aliphatic carboxylic acids is 2. The van der Waals surface area contributed by atoms with E-state index in [1.165, 1.54) is 0 Å². The standard InChI is InChI=1S/C12H17NO2S.C4H4O4/c1-10-4-6-11(7-5-10)16(14,15)12-3-2-8-13-9-12;5-3(6)1-2-4(7)8/h4-7,12-13H,2-3,8-9H2,1H3;1-2H,(H,5,6)(H,7,8)/b;2-1-. The molecule has 1 aliphatic rings. The van der Waals surface area contributed by atoms with Crippen molar-refractivity contribution in [1.82, 2.24) is 5.32 Å². The summed E-state index contributed by atoms with van der Waals surface area (Å²) in [5.74, 6) is -2.51. The number of nitrogens with one attached hydrogen (secondary N) is 1. The van der Waals surface area contributed by atoms with Crippen LogP contribution in [-0.4, -0.2) is 48.9 Å². The zero-order chi connectivity index (χ0) is 18.2. The lowest BCUT2D eigenvalue weighted by Crippen LogP contribution is -2.38. The highest BCUT2D eigenvalue weighted by atomic mass is 32.2. The van der Waals surface area contributed by atoms with E-state index >= 15 is 0 Å². The van der Waals surface area contributed by atoms with Crippen molar-refractivity contribution in [3.63, 3.8) is 0 Å². The number of benzene rings is 1. The molecule has 1 unspecified atom stereocenters. The summed E-state index contributed by atoms with van der Waals surface area (Å²) < 4.78 is 24.5. The van der Waals surface area contributed by atoms with E-state index in [1.807, 2.05) is 19.1 Å². The van der Waals surface area contributed by atoms with E-state index in [1.54, 1.807) is 12.1 Å². The maximum absolute atomic E-state index is 12.3. The van der Waals surface area contributed by atoms with Crippen LogP contribution in [0.5, 0.6) is 0 Å². The molecule has 1 aromatic carbocycles. The zero-order valence-electron chi connectivity index (χ0n) is 13.3. The number of carbonyl (C=O) groups is 2. The molecule has 1 heterocycles. The van der Waals surface area contributed by atoms with E-state index in [-0.39, 0.29) is 5.25 Å². The third-order valence-electron chi connectivity index (χ3n) is 3.41. The Bertz CT molecular complexity index is 672. The van der Waals surface area contributed by atoms with Gasteiger partial charge in [0.15, 0.2) is 9.84 Å². The predicted octanol–water partition coefficient (Wildman–Crippen LogP) is 1.23. The fourth-order valence-corrected chi connectivity index (χ4v) is 3.86. The maximum atomic E-state index is 12.3. The number of aryl methyl sites for hydroxylation is 1. The first-order valence-corrected chi connectivity index (χ1v) is 8.93. The third-order valence-corrected chi connectivity index (χ3v) is 5.62. The largest absolute Gasteiger partial charge is 0.478 e. The Kier molecular flexibility index (Phi) is 7.60. The molecule has 1 saturated heterocycles. The van der Waals surface area contributed by atoms with E-state index in [4.69, 9.17) is 10.2 Å². The van der Waals surface area contributed by atoms with Crippen LogP contribution >= 0.6 is 0 Å². The molecule has 1 atom stereocenters. The van der Waals surface area contributed by atoms with Gasteiger partial charge in [0.25, 0.3) is 0 Å². The Morgan fingerprint density at radius 1 is 1.12 bits per heavy atom. The molecular formula is C16H21NO6S.